The molecule has 7 heteroatoms. The number of hydrogen-bond acceptors (Lipinski definition) is 4. The van der Waals surface area contributed by atoms with Gasteiger partial charge in [0.05, 0.1) is 16.4 Å². The molecule has 2 rings (SSSR count). The number of phenolic OH excluding ortho intramolecular Hbond substituents is 2. The van der Waals surface area contributed by atoms with Gasteiger partial charge in [-0.05, 0) is 40.2 Å². The Morgan fingerprint density at radius 2 is 2.00 bits per heavy atom. The molecule has 0 aliphatic carbocycles. The number of anilines is 1. The van der Waals surface area contributed by atoms with E-state index in [4.69, 9.17) is 16.7 Å². The average molecular weight is 344 g/mol. The van der Waals surface area contributed by atoms with E-state index in [-0.39, 0.29) is 17.1 Å². The number of rotatable bonds is 2. The highest BCUT2D eigenvalue weighted by Gasteiger charge is 2.10. The van der Waals surface area contributed by atoms with Crippen molar-refractivity contribution in [3.8, 4) is 11.5 Å². The maximum Gasteiger partial charge on any atom is 0.255 e. The first kappa shape index (κ1) is 13.6. The fourth-order valence-corrected chi connectivity index (χ4v) is 1.81. The van der Waals surface area contributed by atoms with Gasteiger partial charge in [-0.1, -0.05) is 11.6 Å². The second-order valence-electron chi connectivity index (χ2n) is 3.65. The van der Waals surface area contributed by atoms with E-state index in [0.29, 0.717) is 15.3 Å². The number of carbonyl (C=O) groups excluding carboxylic acids is 1. The van der Waals surface area contributed by atoms with Crippen LogP contribution in [0.1, 0.15) is 10.4 Å². The maximum atomic E-state index is 11.9. The van der Waals surface area contributed by atoms with E-state index in [2.05, 4.69) is 26.2 Å². The van der Waals surface area contributed by atoms with Crippen LogP contribution in [0, 0.1) is 0 Å². The van der Waals surface area contributed by atoms with Crippen LogP contribution < -0.4 is 5.32 Å². The number of nitrogens with one attached hydrogen (secondary N) is 1. The number of benzene rings is 1. The van der Waals surface area contributed by atoms with E-state index in [9.17, 15) is 9.90 Å². The fraction of sp³-hybridized carbons (Fsp3) is 0. The summed E-state index contributed by atoms with van der Waals surface area (Å²) in [4.78, 5) is 15.8. The van der Waals surface area contributed by atoms with Gasteiger partial charge in [0, 0.05) is 5.56 Å². The van der Waals surface area contributed by atoms with Gasteiger partial charge in [-0.3, -0.25) is 4.79 Å². The molecule has 0 radical (unpaired) electrons. The van der Waals surface area contributed by atoms with Gasteiger partial charge >= 0.3 is 0 Å². The molecule has 2 aromatic rings. The van der Waals surface area contributed by atoms with E-state index in [1.54, 1.807) is 6.07 Å². The molecular weight excluding hydrogens is 336 g/mol. The minimum absolute atomic E-state index is 0.210. The highest BCUT2D eigenvalue weighted by atomic mass is 79.9. The topological polar surface area (TPSA) is 82.5 Å². The van der Waals surface area contributed by atoms with E-state index >= 15 is 0 Å². The highest BCUT2D eigenvalue weighted by molar-refractivity contribution is 9.10. The molecule has 1 aromatic carbocycles. The number of pyridine rings is 1. The number of aromatic hydroxyl groups is 2. The fourth-order valence-electron chi connectivity index (χ4n) is 1.36. The molecule has 0 spiro atoms. The summed E-state index contributed by atoms with van der Waals surface area (Å²) in [7, 11) is 0. The Kier molecular flexibility index (Phi) is 3.92. The summed E-state index contributed by atoms with van der Waals surface area (Å²) in [5, 5.41) is 21.4. The molecule has 1 heterocycles. The molecule has 3 N–H and O–H groups in total. The van der Waals surface area contributed by atoms with Gasteiger partial charge < -0.3 is 15.5 Å². The normalized spacial score (nSPS) is 10.2. The molecule has 1 aromatic heterocycles. The predicted molar refractivity (Wildman–Crippen MR) is 74.7 cm³/mol. The van der Waals surface area contributed by atoms with Crippen LogP contribution in [0.15, 0.2) is 34.9 Å². The van der Waals surface area contributed by atoms with Crippen molar-refractivity contribution in [2.24, 2.45) is 0 Å². The lowest BCUT2D eigenvalue weighted by Crippen LogP contribution is -2.11. The van der Waals surface area contributed by atoms with Gasteiger partial charge in [-0.2, -0.15) is 0 Å². The molecule has 0 aliphatic heterocycles. The van der Waals surface area contributed by atoms with Crippen molar-refractivity contribution in [1.29, 1.82) is 0 Å². The standard InChI is InChI=1S/C12H8BrClN2O3/c13-8-4-7(5-15-11(8)14)16-12(19)6-1-2-9(17)10(18)3-6/h1-5,17-18H,(H,16,19). The van der Waals surface area contributed by atoms with Crippen molar-refractivity contribution in [3.63, 3.8) is 0 Å². The molecule has 0 aliphatic rings. The molecule has 0 unspecified atom stereocenters. The van der Waals surface area contributed by atoms with Crippen LogP contribution in [-0.2, 0) is 0 Å². The summed E-state index contributed by atoms with van der Waals surface area (Å²) in [5.41, 5.74) is 0.662. The third-order valence-electron chi connectivity index (χ3n) is 2.29. The number of hydrogen-bond donors (Lipinski definition) is 3. The van der Waals surface area contributed by atoms with Crippen molar-refractivity contribution < 1.29 is 15.0 Å². The molecule has 0 bridgehead atoms. The molecule has 0 saturated carbocycles. The van der Waals surface area contributed by atoms with Crippen molar-refractivity contribution >= 4 is 39.1 Å². The van der Waals surface area contributed by atoms with Crippen LogP contribution in [0.25, 0.3) is 0 Å². The summed E-state index contributed by atoms with van der Waals surface area (Å²) in [6.07, 6.45) is 1.41. The minimum atomic E-state index is -0.439. The number of carbonyl (C=O) groups is 1. The van der Waals surface area contributed by atoms with Crippen LogP contribution in [0.4, 0.5) is 5.69 Å². The van der Waals surface area contributed by atoms with Crippen molar-refractivity contribution in [1.82, 2.24) is 4.98 Å². The quantitative estimate of drug-likeness (QED) is 0.578. The van der Waals surface area contributed by atoms with Crippen LogP contribution >= 0.6 is 27.5 Å². The zero-order chi connectivity index (χ0) is 14.0. The van der Waals surface area contributed by atoms with E-state index in [0.717, 1.165) is 0 Å². The molecule has 98 valence electrons. The van der Waals surface area contributed by atoms with E-state index < -0.39 is 5.91 Å². The highest BCUT2D eigenvalue weighted by Crippen LogP contribution is 2.26. The number of nitrogens with zero attached hydrogens (tertiary/aromatic N) is 1. The molecule has 0 saturated heterocycles. The smallest absolute Gasteiger partial charge is 0.255 e. The predicted octanol–water partition coefficient (Wildman–Crippen LogP) is 3.16. The third-order valence-corrected chi connectivity index (χ3v) is 3.43. The van der Waals surface area contributed by atoms with Crippen LogP contribution in [-0.4, -0.2) is 21.1 Å². The number of phenols is 2. The zero-order valence-electron chi connectivity index (χ0n) is 9.39. The zero-order valence-corrected chi connectivity index (χ0v) is 11.7. The average Bonchev–Trinajstić information content (AvgIpc) is 2.37. The lowest BCUT2D eigenvalue weighted by atomic mass is 10.2. The summed E-state index contributed by atoms with van der Waals surface area (Å²) < 4.78 is 0.556. The van der Waals surface area contributed by atoms with Crippen molar-refractivity contribution in [2.75, 3.05) is 5.32 Å². The second kappa shape index (κ2) is 5.46. The Morgan fingerprint density at radius 1 is 1.26 bits per heavy atom. The minimum Gasteiger partial charge on any atom is -0.504 e. The number of aromatic nitrogens is 1. The molecule has 5 nitrogen and oxygen atoms in total. The Balaban J connectivity index is 2.20. The third kappa shape index (κ3) is 3.15. The first-order valence-corrected chi connectivity index (χ1v) is 6.29. The molecule has 0 fully saturated rings. The van der Waals surface area contributed by atoms with Gasteiger partial charge in [-0.15, -0.1) is 0 Å². The van der Waals surface area contributed by atoms with Gasteiger partial charge in [0.1, 0.15) is 5.15 Å². The van der Waals surface area contributed by atoms with Gasteiger partial charge in [0.2, 0.25) is 0 Å². The van der Waals surface area contributed by atoms with Gasteiger partial charge in [0.25, 0.3) is 5.91 Å². The molecule has 0 atom stereocenters. The monoisotopic (exact) mass is 342 g/mol. The Labute approximate surface area is 122 Å². The van der Waals surface area contributed by atoms with Gasteiger partial charge in [-0.25, -0.2) is 4.98 Å². The Morgan fingerprint density at radius 3 is 2.63 bits per heavy atom. The second-order valence-corrected chi connectivity index (χ2v) is 4.87. The summed E-state index contributed by atoms with van der Waals surface area (Å²) >= 11 is 8.94. The van der Waals surface area contributed by atoms with Crippen LogP contribution in [0.5, 0.6) is 11.5 Å². The molecular formula is C12H8BrClN2O3. The van der Waals surface area contributed by atoms with Crippen LogP contribution in [0.3, 0.4) is 0 Å². The largest absolute Gasteiger partial charge is 0.504 e. The maximum absolute atomic E-state index is 11.9. The molecule has 19 heavy (non-hydrogen) atoms. The van der Waals surface area contributed by atoms with E-state index in [1.807, 2.05) is 0 Å². The molecule has 1 amide bonds. The lowest BCUT2D eigenvalue weighted by molar-refractivity contribution is 0.102. The SMILES string of the molecule is O=C(Nc1cnc(Cl)c(Br)c1)c1ccc(O)c(O)c1. The lowest BCUT2D eigenvalue weighted by Gasteiger charge is -2.06. The summed E-state index contributed by atoms with van der Waals surface area (Å²) in [6, 6.07) is 5.40. The Hall–Kier alpha value is -1.79. The van der Waals surface area contributed by atoms with Crippen molar-refractivity contribution in [2.45, 2.75) is 0 Å². The van der Waals surface area contributed by atoms with Crippen molar-refractivity contribution in [3.05, 3.63) is 45.7 Å². The van der Waals surface area contributed by atoms with Crippen LogP contribution in [0.2, 0.25) is 5.15 Å². The van der Waals surface area contributed by atoms with E-state index in [1.165, 1.54) is 24.4 Å². The first-order chi connectivity index (χ1) is 8.97. The first-order valence-electron chi connectivity index (χ1n) is 5.12. The van der Waals surface area contributed by atoms with Gasteiger partial charge in [0.15, 0.2) is 11.5 Å². The number of amides is 1. The number of halogens is 2. The summed E-state index contributed by atoms with van der Waals surface area (Å²) in [5.74, 6) is -1.08. The Bertz CT molecular complexity index is 649. The summed E-state index contributed by atoms with van der Waals surface area (Å²) in [6.45, 7) is 0.